The number of nitrogen functional groups attached to an aromatic ring is 1. The first kappa shape index (κ1) is 13.6. The fraction of sp³-hybridized carbons (Fsp3) is 0.294. The van der Waals surface area contributed by atoms with Gasteiger partial charge in [0.2, 0.25) is 0 Å². The van der Waals surface area contributed by atoms with E-state index in [2.05, 4.69) is 28.6 Å². The van der Waals surface area contributed by atoms with Crippen LogP contribution in [-0.2, 0) is 19.4 Å². The number of benzene rings is 1. The summed E-state index contributed by atoms with van der Waals surface area (Å²) < 4.78 is 2.24. The van der Waals surface area contributed by atoms with Crippen molar-refractivity contribution in [2.45, 2.75) is 32.7 Å². The largest absolute Gasteiger partial charge is 0.399 e. The molecule has 0 unspecified atom stereocenters. The maximum absolute atomic E-state index is 5.72. The quantitative estimate of drug-likeness (QED) is 0.730. The number of aryl methyl sites for hydroxylation is 3. The van der Waals surface area contributed by atoms with Crippen molar-refractivity contribution in [3.63, 3.8) is 0 Å². The Morgan fingerprint density at radius 1 is 1.10 bits per heavy atom. The molecule has 2 aromatic heterocycles. The molecule has 0 bridgehead atoms. The van der Waals surface area contributed by atoms with Gasteiger partial charge in [0.1, 0.15) is 11.3 Å². The SMILES string of the molecule is CCCn1c(CCc2ccc(N)cc2)nc2cccnc21. The number of pyridine rings is 1. The van der Waals surface area contributed by atoms with Crippen LogP contribution < -0.4 is 5.73 Å². The van der Waals surface area contributed by atoms with Crippen LogP contribution in [0.5, 0.6) is 0 Å². The van der Waals surface area contributed by atoms with E-state index in [-0.39, 0.29) is 0 Å². The van der Waals surface area contributed by atoms with Gasteiger partial charge in [-0.1, -0.05) is 19.1 Å². The van der Waals surface area contributed by atoms with Crippen LogP contribution in [0.15, 0.2) is 42.6 Å². The van der Waals surface area contributed by atoms with E-state index in [1.807, 2.05) is 30.5 Å². The highest BCUT2D eigenvalue weighted by atomic mass is 15.1. The van der Waals surface area contributed by atoms with Crippen molar-refractivity contribution in [1.82, 2.24) is 14.5 Å². The molecule has 0 aliphatic rings. The standard InChI is InChI=1S/C17H20N4/c1-2-12-21-16(20-15-4-3-11-19-17(15)21)10-7-13-5-8-14(18)9-6-13/h3-6,8-9,11H,2,7,10,12,18H2,1H3. The lowest BCUT2D eigenvalue weighted by Gasteiger charge is -2.07. The molecule has 3 aromatic rings. The van der Waals surface area contributed by atoms with Crippen molar-refractivity contribution >= 4 is 16.9 Å². The second kappa shape index (κ2) is 5.95. The maximum Gasteiger partial charge on any atom is 0.159 e. The molecule has 0 saturated carbocycles. The van der Waals surface area contributed by atoms with E-state index < -0.39 is 0 Å². The van der Waals surface area contributed by atoms with E-state index in [1.165, 1.54) is 5.56 Å². The molecule has 0 aliphatic heterocycles. The molecular formula is C17H20N4. The highest BCUT2D eigenvalue weighted by Gasteiger charge is 2.10. The molecule has 0 saturated heterocycles. The second-order valence-corrected chi connectivity index (χ2v) is 5.27. The van der Waals surface area contributed by atoms with Crippen molar-refractivity contribution in [3.05, 3.63) is 54.0 Å². The number of nitrogens with zero attached hydrogens (tertiary/aromatic N) is 3. The summed E-state index contributed by atoms with van der Waals surface area (Å²) in [5.74, 6) is 1.11. The second-order valence-electron chi connectivity index (χ2n) is 5.27. The van der Waals surface area contributed by atoms with E-state index >= 15 is 0 Å². The Morgan fingerprint density at radius 2 is 1.90 bits per heavy atom. The van der Waals surface area contributed by atoms with Gasteiger partial charge in [-0.3, -0.25) is 0 Å². The van der Waals surface area contributed by atoms with E-state index in [9.17, 15) is 0 Å². The van der Waals surface area contributed by atoms with E-state index in [1.54, 1.807) is 0 Å². The molecule has 21 heavy (non-hydrogen) atoms. The number of hydrogen-bond acceptors (Lipinski definition) is 3. The molecule has 3 rings (SSSR count). The van der Waals surface area contributed by atoms with Gasteiger partial charge in [0, 0.05) is 24.8 Å². The summed E-state index contributed by atoms with van der Waals surface area (Å²) in [5.41, 5.74) is 9.79. The van der Waals surface area contributed by atoms with Gasteiger partial charge < -0.3 is 10.3 Å². The fourth-order valence-electron chi connectivity index (χ4n) is 2.60. The van der Waals surface area contributed by atoms with E-state index in [0.29, 0.717) is 0 Å². The smallest absolute Gasteiger partial charge is 0.159 e. The van der Waals surface area contributed by atoms with Gasteiger partial charge in [-0.2, -0.15) is 0 Å². The summed E-state index contributed by atoms with van der Waals surface area (Å²) in [4.78, 5) is 9.21. The average molecular weight is 280 g/mol. The molecule has 0 spiro atoms. The van der Waals surface area contributed by atoms with E-state index in [0.717, 1.165) is 48.5 Å². The number of rotatable bonds is 5. The Morgan fingerprint density at radius 3 is 2.67 bits per heavy atom. The predicted molar refractivity (Wildman–Crippen MR) is 86.1 cm³/mol. The molecule has 2 N–H and O–H groups in total. The van der Waals surface area contributed by atoms with Crippen molar-refractivity contribution < 1.29 is 0 Å². The Hall–Kier alpha value is -2.36. The lowest BCUT2D eigenvalue weighted by Crippen LogP contribution is -2.05. The van der Waals surface area contributed by atoms with Crippen molar-refractivity contribution in [2.24, 2.45) is 0 Å². The normalized spacial score (nSPS) is 11.1. The Labute approximate surface area is 124 Å². The lowest BCUT2D eigenvalue weighted by atomic mass is 10.1. The third-order valence-electron chi connectivity index (χ3n) is 3.65. The van der Waals surface area contributed by atoms with Gasteiger partial charge in [0.25, 0.3) is 0 Å². The first-order valence-electron chi connectivity index (χ1n) is 7.42. The topological polar surface area (TPSA) is 56.7 Å². The summed E-state index contributed by atoms with van der Waals surface area (Å²) >= 11 is 0. The zero-order valence-corrected chi connectivity index (χ0v) is 12.3. The van der Waals surface area contributed by atoms with Gasteiger partial charge in [-0.15, -0.1) is 0 Å². The number of nitrogens with two attached hydrogens (primary N) is 1. The summed E-state index contributed by atoms with van der Waals surface area (Å²) in [6, 6.07) is 12.0. The number of hydrogen-bond donors (Lipinski definition) is 1. The summed E-state index contributed by atoms with van der Waals surface area (Å²) in [5, 5.41) is 0. The molecule has 0 amide bonds. The first-order valence-corrected chi connectivity index (χ1v) is 7.42. The molecule has 2 heterocycles. The zero-order chi connectivity index (χ0) is 14.7. The van der Waals surface area contributed by atoms with Gasteiger partial charge in [0.15, 0.2) is 5.65 Å². The predicted octanol–water partition coefficient (Wildman–Crippen LogP) is 3.21. The highest BCUT2D eigenvalue weighted by Crippen LogP contribution is 2.16. The van der Waals surface area contributed by atoms with Crippen LogP contribution in [0.4, 0.5) is 5.69 Å². The van der Waals surface area contributed by atoms with Gasteiger partial charge in [0.05, 0.1) is 0 Å². The van der Waals surface area contributed by atoms with Gasteiger partial charge in [-0.05, 0) is 42.7 Å². The minimum atomic E-state index is 0.807. The molecule has 0 radical (unpaired) electrons. The molecule has 1 aromatic carbocycles. The van der Waals surface area contributed by atoms with Crippen molar-refractivity contribution in [1.29, 1.82) is 0 Å². The molecule has 4 heteroatoms. The highest BCUT2D eigenvalue weighted by molar-refractivity contribution is 5.71. The van der Waals surface area contributed by atoms with Crippen LogP contribution in [0.2, 0.25) is 0 Å². The molecule has 4 nitrogen and oxygen atoms in total. The molecule has 108 valence electrons. The minimum absolute atomic E-state index is 0.807. The third kappa shape index (κ3) is 2.89. The monoisotopic (exact) mass is 280 g/mol. The zero-order valence-electron chi connectivity index (χ0n) is 12.3. The Balaban J connectivity index is 1.85. The molecular weight excluding hydrogens is 260 g/mol. The van der Waals surface area contributed by atoms with Crippen molar-refractivity contribution in [3.8, 4) is 0 Å². The number of anilines is 1. The Kier molecular flexibility index (Phi) is 3.86. The van der Waals surface area contributed by atoms with Crippen LogP contribution in [0.3, 0.4) is 0 Å². The average Bonchev–Trinajstić information content (AvgIpc) is 2.85. The maximum atomic E-state index is 5.72. The number of fused-ring (bicyclic) bond motifs is 1. The van der Waals surface area contributed by atoms with Crippen LogP contribution in [0, 0.1) is 0 Å². The minimum Gasteiger partial charge on any atom is -0.399 e. The van der Waals surface area contributed by atoms with E-state index in [4.69, 9.17) is 10.7 Å². The summed E-state index contributed by atoms with van der Waals surface area (Å²) in [7, 11) is 0. The summed E-state index contributed by atoms with van der Waals surface area (Å²) in [6.45, 7) is 3.14. The van der Waals surface area contributed by atoms with Crippen LogP contribution in [-0.4, -0.2) is 14.5 Å². The fourth-order valence-corrected chi connectivity index (χ4v) is 2.60. The van der Waals surface area contributed by atoms with Crippen LogP contribution in [0.25, 0.3) is 11.2 Å². The lowest BCUT2D eigenvalue weighted by molar-refractivity contribution is 0.645. The molecule has 0 atom stereocenters. The van der Waals surface area contributed by atoms with Gasteiger partial charge >= 0.3 is 0 Å². The Bertz CT molecular complexity index is 728. The number of imidazole rings is 1. The molecule has 0 aliphatic carbocycles. The summed E-state index contributed by atoms with van der Waals surface area (Å²) in [6.07, 6.45) is 4.80. The first-order chi connectivity index (χ1) is 10.3. The van der Waals surface area contributed by atoms with Crippen LogP contribution >= 0.6 is 0 Å². The van der Waals surface area contributed by atoms with Crippen molar-refractivity contribution in [2.75, 3.05) is 5.73 Å². The van der Waals surface area contributed by atoms with Gasteiger partial charge in [-0.25, -0.2) is 9.97 Å². The third-order valence-corrected chi connectivity index (χ3v) is 3.65. The number of aromatic nitrogens is 3. The molecule has 0 fully saturated rings. The van der Waals surface area contributed by atoms with Crippen LogP contribution in [0.1, 0.15) is 24.7 Å².